The summed E-state index contributed by atoms with van der Waals surface area (Å²) in [5.41, 5.74) is 6.28. The van der Waals surface area contributed by atoms with Gasteiger partial charge in [0.15, 0.2) is 0 Å². The van der Waals surface area contributed by atoms with Crippen molar-refractivity contribution in [3.8, 4) is 5.69 Å². The van der Waals surface area contributed by atoms with Gasteiger partial charge in [-0.15, -0.1) is 0 Å². The Morgan fingerprint density at radius 3 is 2.41 bits per heavy atom. The molecule has 3 aromatic rings. The predicted octanol–water partition coefficient (Wildman–Crippen LogP) is 4.32. The van der Waals surface area contributed by atoms with E-state index in [2.05, 4.69) is 10.5 Å². The summed E-state index contributed by atoms with van der Waals surface area (Å²) in [5.74, 6) is -0.599. The van der Waals surface area contributed by atoms with Crippen molar-refractivity contribution in [3.63, 3.8) is 0 Å². The second-order valence-corrected chi connectivity index (χ2v) is 9.90. The molecule has 3 rings (SSSR count). The molecule has 1 amide bonds. The van der Waals surface area contributed by atoms with E-state index in [1.54, 1.807) is 18.2 Å². The van der Waals surface area contributed by atoms with E-state index in [1.165, 1.54) is 12.3 Å². The van der Waals surface area contributed by atoms with Crippen molar-refractivity contribution in [1.29, 1.82) is 0 Å². The molecule has 168 valence electrons. The van der Waals surface area contributed by atoms with Crippen LogP contribution in [0.4, 0.5) is 5.69 Å². The van der Waals surface area contributed by atoms with Crippen LogP contribution in [0.2, 0.25) is 10.0 Å². The molecule has 0 aliphatic rings. The van der Waals surface area contributed by atoms with Gasteiger partial charge in [-0.3, -0.25) is 9.10 Å². The fraction of sp³-hybridized carbons (Fsp3) is 0.182. The number of rotatable bonds is 7. The SMILES string of the molecule is Cc1cc(/C=N/NC(=O)CN(c2ccccc2Cl)S(C)(=O)=O)c(C)n1-c1ccc(Cl)cc1. The Morgan fingerprint density at radius 2 is 1.78 bits per heavy atom. The van der Waals surface area contributed by atoms with Crippen molar-refractivity contribution in [1.82, 2.24) is 9.99 Å². The van der Waals surface area contributed by atoms with E-state index < -0.39 is 22.5 Å². The van der Waals surface area contributed by atoms with Crippen LogP contribution in [-0.4, -0.2) is 37.9 Å². The van der Waals surface area contributed by atoms with E-state index in [9.17, 15) is 13.2 Å². The second kappa shape index (κ2) is 9.77. The fourth-order valence-electron chi connectivity index (χ4n) is 3.28. The van der Waals surface area contributed by atoms with Crippen LogP contribution >= 0.6 is 23.2 Å². The Bertz CT molecular complexity index is 1270. The molecule has 0 atom stereocenters. The third kappa shape index (κ3) is 5.51. The van der Waals surface area contributed by atoms with Gasteiger partial charge in [0.2, 0.25) is 10.0 Å². The minimum absolute atomic E-state index is 0.224. The summed E-state index contributed by atoms with van der Waals surface area (Å²) in [5, 5.41) is 4.88. The van der Waals surface area contributed by atoms with Gasteiger partial charge < -0.3 is 4.57 Å². The van der Waals surface area contributed by atoms with Crippen molar-refractivity contribution < 1.29 is 13.2 Å². The number of aromatic nitrogens is 1. The predicted molar refractivity (Wildman–Crippen MR) is 130 cm³/mol. The van der Waals surface area contributed by atoms with Gasteiger partial charge in [0.05, 0.1) is 23.2 Å². The first-order valence-electron chi connectivity index (χ1n) is 9.57. The van der Waals surface area contributed by atoms with E-state index in [4.69, 9.17) is 23.2 Å². The minimum Gasteiger partial charge on any atom is -0.318 e. The van der Waals surface area contributed by atoms with Crippen molar-refractivity contribution in [3.05, 3.63) is 81.6 Å². The van der Waals surface area contributed by atoms with Crippen LogP contribution < -0.4 is 9.73 Å². The average Bonchev–Trinajstić information content (AvgIpc) is 3.00. The number of amides is 1. The molecule has 32 heavy (non-hydrogen) atoms. The number of sulfonamides is 1. The molecular formula is C22H22Cl2N4O3S. The molecule has 0 spiro atoms. The zero-order valence-corrected chi connectivity index (χ0v) is 20.0. The summed E-state index contributed by atoms with van der Waals surface area (Å²) in [4.78, 5) is 12.4. The number of anilines is 1. The Morgan fingerprint density at radius 1 is 1.12 bits per heavy atom. The number of nitrogens with zero attached hydrogens (tertiary/aromatic N) is 3. The zero-order chi connectivity index (χ0) is 23.5. The van der Waals surface area contributed by atoms with Crippen LogP contribution in [0.3, 0.4) is 0 Å². The van der Waals surface area contributed by atoms with E-state index in [0.29, 0.717) is 5.02 Å². The van der Waals surface area contributed by atoms with Crippen molar-refractivity contribution in [2.45, 2.75) is 13.8 Å². The highest BCUT2D eigenvalue weighted by Gasteiger charge is 2.22. The molecule has 10 heteroatoms. The first-order chi connectivity index (χ1) is 15.1. The molecule has 1 aromatic heterocycles. The van der Waals surface area contributed by atoms with Gasteiger partial charge in [0.25, 0.3) is 5.91 Å². The Kier molecular flexibility index (Phi) is 7.28. The van der Waals surface area contributed by atoms with Crippen LogP contribution in [-0.2, 0) is 14.8 Å². The largest absolute Gasteiger partial charge is 0.318 e. The van der Waals surface area contributed by atoms with E-state index in [1.807, 2.05) is 48.7 Å². The topological polar surface area (TPSA) is 83.8 Å². The highest BCUT2D eigenvalue weighted by molar-refractivity contribution is 7.92. The second-order valence-electron chi connectivity index (χ2n) is 7.15. The number of carbonyl (C=O) groups excluding carboxylic acids is 1. The summed E-state index contributed by atoms with van der Waals surface area (Å²) in [6, 6.07) is 15.8. The van der Waals surface area contributed by atoms with Gasteiger partial charge in [-0.2, -0.15) is 5.10 Å². The van der Waals surface area contributed by atoms with Crippen molar-refractivity contribution in [2.75, 3.05) is 17.1 Å². The zero-order valence-electron chi connectivity index (χ0n) is 17.7. The van der Waals surface area contributed by atoms with Gasteiger partial charge in [-0.25, -0.2) is 13.8 Å². The summed E-state index contributed by atoms with van der Waals surface area (Å²) in [6.07, 6.45) is 2.53. The molecular weight excluding hydrogens is 471 g/mol. The number of hydrogen-bond acceptors (Lipinski definition) is 4. The molecule has 1 N–H and O–H groups in total. The van der Waals surface area contributed by atoms with Gasteiger partial charge in [0.1, 0.15) is 6.54 Å². The standard InChI is InChI=1S/C22H22Cl2N4O3S/c1-15-12-17(16(2)28(15)19-10-8-18(23)9-11-19)13-25-26-22(29)14-27(32(3,30)31)21-7-5-4-6-20(21)24/h4-13H,14H2,1-3H3,(H,26,29)/b25-13+. The number of benzene rings is 2. The third-order valence-corrected chi connectivity index (χ3v) is 6.45. The molecule has 2 aromatic carbocycles. The fourth-order valence-corrected chi connectivity index (χ4v) is 4.56. The Hall–Kier alpha value is -2.81. The first-order valence-corrected chi connectivity index (χ1v) is 12.2. The van der Waals surface area contributed by atoms with Gasteiger partial charge in [-0.1, -0.05) is 35.3 Å². The number of aryl methyl sites for hydroxylation is 1. The van der Waals surface area contributed by atoms with Crippen molar-refractivity contribution >= 4 is 51.0 Å². The molecule has 0 aliphatic heterocycles. The summed E-state index contributed by atoms with van der Waals surface area (Å²) in [6.45, 7) is 3.45. The maximum atomic E-state index is 12.4. The van der Waals surface area contributed by atoms with Crippen LogP contribution in [0, 0.1) is 13.8 Å². The van der Waals surface area contributed by atoms with Gasteiger partial charge in [0, 0.05) is 27.7 Å². The highest BCUT2D eigenvalue weighted by atomic mass is 35.5. The Labute approximate surface area is 197 Å². The summed E-state index contributed by atoms with van der Waals surface area (Å²) >= 11 is 12.1. The minimum atomic E-state index is -3.73. The molecule has 0 saturated heterocycles. The maximum absolute atomic E-state index is 12.4. The summed E-state index contributed by atoms with van der Waals surface area (Å²) in [7, 11) is -3.73. The lowest BCUT2D eigenvalue weighted by molar-refractivity contribution is -0.119. The quantitative estimate of drug-likeness (QED) is 0.393. The lowest BCUT2D eigenvalue weighted by Gasteiger charge is -2.22. The lowest BCUT2D eigenvalue weighted by atomic mass is 10.2. The molecule has 1 heterocycles. The summed E-state index contributed by atoms with van der Waals surface area (Å²) < 4.78 is 27.4. The molecule has 0 unspecified atom stereocenters. The van der Waals surface area contributed by atoms with Crippen LogP contribution in [0.1, 0.15) is 17.0 Å². The number of para-hydroxylation sites is 1. The first kappa shape index (κ1) is 23.8. The number of carbonyl (C=O) groups is 1. The van der Waals surface area contributed by atoms with Gasteiger partial charge in [-0.05, 0) is 56.3 Å². The molecule has 0 saturated carbocycles. The molecule has 0 bridgehead atoms. The van der Waals surface area contributed by atoms with Crippen LogP contribution in [0.5, 0.6) is 0 Å². The number of halogens is 2. The molecule has 0 fully saturated rings. The molecule has 0 aliphatic carbocycles. The number of hydrazone groups is 1. The molecule has 0 radical (unpaired) electrons. The van der Waals surface area contributed by atoms with Crippen molar-refractivity contribution in [2.24, 2.45) is 5.10 Å². The number of hydrogen-bond donors (Lipinski definition) is 1. The third-order valence-electron chi connectivity index (χ3n) is 4.76. The van der Waals surface area contributed by atoms with Crippen LogP contribution in [0.15, 0.2) is 59.7 Å². The van der Waals surface area contributed by atoms with E-state index in [-0.39, 0.29) is 10.7 Å². The molecule has 7 nitrogen and oxygen atoms in total. The number of nitrogens with one attached hydrogen (secondary N) is 1. The van der Waals surface area contributed by atoms with E-state index >= 15 is 0 Å². The average molecular weight is 493 g/mol. The lowest BCUT2D eigenvalue weighted by Crippen LogP contribution is -2.39. The maximum Gasteiger partial charge on any atom is 0.260 e. The monoisotopic (exact) mass is 492 g/mol. The van der Waals surface area contributed by atoms with Crippen LogP contribution in [0.25, 0.3) is 5.69 Å². The highest BCUT2D eigenvalue weighted by Crippen LogP contribution is 2.27. The van der Waals surface area contributed by atoms with Gasteiger partial charge >= 0.3 is 0 Å². The van der Waals surface area contributed by atoms with E-state index in [0.717, 1.165) is 33.2 Å². The normalized spacial score (nSPS) is 11.7. The smallest absolute Gasteiger partial charge is 0.260 e. The Balaban J connectivity index is 1.74.